The average Bonchev–Trinajstić information content (AvgIpc) is 3.10. The van der Waals surface area contributed by atoms with Crippen LogP contribution in [0.3, 0.4) is 0 Å². The van der Waals surface area contributed by atoms with Crippen LogP contribution in [-0.4, -0.2) is 38.3 Å². The first-order chi connectivity index (χ1) is 12.3. The lowest BCUT2D eigenvalue weighted by Gasteiger charge is -2.31. The van der Waals surface area contributed by atoms with Crippen molar-refractivity contribution < 1.29 is 9.18 Å². The molecule has 0 unspecified atom stereocenters. The normalized spacial score (nSPS) is 11.4. The molecule has 7 heteroatoms. The molecule has 26 heavy (non-hydrogen) atoms. The van der Waals surface area contributed by atoms with Crippen molar-refractivity contribution in [3.05, 3.63) is 53.7 Å². The third-order valence-corrected chi connectivity index (χ3v) is 4.94. The van der Waals surface area contributed by atoms with Gasteiger partial charge < -0.3 is 4.90 Å². The summed E-state index contributed by atoms with van der Waals surface area (Å²) in [6, 6.07) is 6.68. The van der Waals surface area contributed by atoms with Crippen molar-refractivity contribution in [1.82, 2.24) is 19.9 Å². The van der Waals surface area contributed by atoms with Gasteiger partial charge in [-0.1, -0.05) is 6.07 Å². The zero-order chi connectivity index (χ0) is 18.9. The minimum atomic E-state index is -0.515. The summed E-state index contributed by atoms with van der Waals surface area (Å²) >= 11 is 1.38. The molecule has 0 saturated carbocycles. The van der Waals surface area contributed by atoms with Crippen molar-refractivity contribution in [2.45, 2.75) is 26.3 Å². The Morgan fingerprint density at radius 3 is 2.27 bits per heavy atom. The number of aromatic nitrogens is 3. The molecule has 0 fully saturated rings. The Morgan fingerprint density at radius 1 is 1.08 bits per heavy atom. The summed E-state index contributed by atoms with van der Waals surface area (Å²) < 4.78 is 12.9. The number of rotatable bonds is 3. The van der Waals surface area contributed by atoms with Crippen LogP contribution >= 0.6 is 11.3 Å². The smallest absolute Gasteiger partial charge is 0.273 e. The molecule has 0 aliphatic rings. The number of hydrogen-bond acceptors (Lipinski definition) is 5. The largest absolute Gasteiger partial charge is 0.336 e. The molecule has 1 amide bonds. The van der Waals surface area contributed by atoms with E-state index in [0.717, 1.165) is 11.1 Å². The van der Waals surface area contributed by atoms with Crippen LogP contribution in [0.15, 0.2) is 42.0 Å². The number of thiazole rings is 1. The lowest BCUT2D eigenvalue weighted by atomic mass is 10.1. The van der Waals surface area contributed by atoms with E-state index in [0.29, 0.717) is 16.4 Å². The van der Waals surface area contributed by atoms with Crippen LogP contribution < -0.4 is 0 Å². The van der Waals surface area contributed by atoms with E-state index in [2.05, 4.69) is 15.0 Å². The molecule has 3 aromatic heterocycles. The molecule has 134 valence electrons. The first-order valence-corrected chi connectivity index (χ1v) is 8.96. The molecule has 0 bridgehead atoms. The molecular weight excluding hydrogens is 351 g/mol. The molecular formula is C19H19FN4OS. The Hall–Kier alpha value is -2.67. The summed E-state index contributed by atoms with van der Waals surface area (Å²) in [5.41, 5.74) is 2.44. The van der Waals surface area contributed by atoms with Gasteiger partial charge in [0, 0.05) is 41.5 Å². The van der Waals surface area contributed by atoms with Crippen molar-refractivity contribution in [2.75, 3.05) is 7.05 Å². The van der Waals surface area contributed by atoms with Gasteiger partial charge in [0.15, 0.2) is 0 Å². The molecule has 0 atom stereocenters. The highest BCUT2D eigenvalue weighted by Gasteiger charge is 2.25. The second kappa shape index (κ2) is 6.92. The van der Waals surface area contributed by atoms with Crippen molar-refractivity contribution >= 4 is 17.2 Å². The summed E-state index contributed by atoms with van der Waals surface area (Å²) in [6.45, 7) is 5.92. The predicted octanol–water partition coefficient (Wildman–Crippen LogP) is 4.28. The Labute approximate surface area is 155 Å². The number of carbonyl (C=O) groups is 1. The molecule has 3 heterocycles. The third-order valence-electron chi connectivity index (χ3n) is 4.08. The number of hydrogen-bond donors (Lipinski definition) is 0. The lowest BCUT2D eigenvalue weighted by molar-refractivity contribution is 0.0650. The highest BCUT2D eigenvalue weighted by Crippen LogP contribution is 2.26. The highest BCUT2D eigenvalue weighted by atomic mass is 32.1. The second-order valence-electron chi connectivity index (χ2n) is 6.87. The van der Waals surface area contributed by atoms with Crippen LogP contribution in [0.2, 0.25) is 0 Å². The molecule has 3 rings (SSSR count). The molecule has 5 nitrogen and oxygen atoms in total. The lowest BCUT2D eigenvalue weighted by Crippen LogP contribution is -2.42. The van der Waals surface area contributed by atoms with Crippen molar-refractivity contribution in [2.24, 2.45) is 0 Å². The third kappa shape index (κ3) is 3.77. The number of pyridine rings is 2. The number of halogens is 1. The van der Waals surface area contributed by atoms with Gasteiger partial charge in [0.25, 0.3) is 5.91 Å². The second-order valence-corrected chi connectivity index (χ2v) is 7.73. The van der Waals surface area contributed by atoms with Gasteiger partial charge in [-0.25, -0.2) is 9.97 Å². The number of carbonyl (C=O) groups excluding carboxylic acids is 1. The van der Waals surface area contributed by atoms with Crippen molar-refractivity contribution in [1.29, 1.82) is 0 Å². The van der Waals surface area contributed by atoms with E-state index in [4.69, 9.17) is 0 Å². The molecule has 0 saturated heterocycles. The molecule has 0 radical (unpaired) electrons. The number of amides is 1. The minimum Gasteiger partial charge on any atom is -0.336 e. The van der Waals surface area contributed by atoms with E-state index >= 15 is 0 Å². The standard InChI is InChI=1S/C19H19FN4OS/c1-19(2,3)24(4)18(25)15-11-26-17(23-15)14-7-5-12(9-21-14)13-6-8-16(20)22-10-13/h5-11H,1-4H3. The molecule has 0 N–H and O–H groups in total. The predicted molar refractivity (Wildman–Crippen MR) is 100 cm³/mol. The summed E-state index contributed by atoms with van der Waals surface area (Å²) in [5.74, 6) is -0.632. The van der Waals surface area contributed by atoms with Gasteiger partial charge >= 0.3 is 0 Å². The monoisotopic (exact) mass is 370 g/mol. The SMILES string of the molecule is CN(C(=O)c1csc(-c2ccc(-c3ccc(F)nc3)cn2)n1)C(C)(C)C. The van der Waals surface area contributed by atoms with Crippen molar-refractivity contribution in [3.8, 4) is 21.8 Å². The molecule has 0 aliphatic heterocycles. The van der Waals surface area contributed by atoms with Gasteiger partial charge in [-0.3, -0.25) is 9.78 Å². The first kappa shape index (κ1) is 18.1. The van der Waals surface area contributed by atoms with E-state index in [1.165, 1.54) is 23.6 Å². The van der Waals surface area contributed by atoms with Gasteiger partial charge in [0.2, 0.25) is 5.95 Å². The van der Waals surface area contributed by atoms with Gasteiger partial charge in [0.1, 0.15) is 10.7 Å². The fourth-order valence-electron chi connectivity index (χ4n) is 2.20. The average molecular weight is 370 g/mol. The van der Waals surface area contributed by atoms with Crippen LogP contribution in [0.5, 0.6) is 0 Å². The first-order valence-electron chi connectivity index (χ1n) is 8.08. The Kier molecular flexibility index (Phi) is 4.82. The fourth-order valence-corrected chi connectivity index (χ4v) is 2.97. The van der Waals surface area contributed by atoms with Crippen LogP contribution in [0.4, 0.5) is 4.39 Å². The van der Waals surface area contributed by atoms with Crippen molar-refractivity contribution in [3.63, 3.8) is 0 Å². The zero-order valence-electron chi connectivity index (χ0n) is 15.0. The topological polar surface area (TPSA) is 59.0 Å². The minimum absolute atomic E-state index is 0.117. The molecule has 0 aromatic carbocycles. The summed E-state index contributed by atoms with van der Waals surface area (Å²) in [4.78, 5) is 26.7. The Morgan fingerprint density at radius 2 is 1.73 bits per heavy atom. The Balaban J connectivity index is 1.81. The van der Waals surface area contributed by atoms with E-state index < -0.39 is 5.95 Å². The van der Waals surface area contributed by atoms with E-state index in [-0.39, 0.29) is 11.4 Å². The van der Waals surface area contributed by atoms with E-state index in [1.807, 2.05) is 32.9 Å². The summed E-state index contributed by atoms with van der Waals surface area (Å²) in [6.07, 6.45) is 3.16. The van der Waals surface area contributed by atoms with Crippen LogP contribution in [0, 0.1) is 5.95 Å². The maximum atomic E-state index is 12.9. The van der Waals surface area contributed by atoms with Gasteiger partial charge in [-0.05, 0) is 39.0 Å². The summed E-state index contributed by atoms with van der Waals surface area (Å²) in [5, 5.41) is 2.43. The quantitative estimate of drug-likeness (QED) is 0.646. The van der Waals surface area contributed by atoms with Crippen LogP contribution in [0.25, 0.3) is 21.8 Å². The molecule has 3 aromatic rings. The van der Waals surface area contributed by atoms with E-state index in [1.54, 1.807) is 29.6 Å². The summed E-state index contributed by atoms with van der Waals surface area (Å²) in [7, 11) is 1.77. The van der Waals surface area contributed by atoms with Gasteiger partial charge in [-0.2, -0.15) is 4.39 Å². The number of nitrogens with zero attached hydrogens (tertiary/aromatic N) is 4. The maximum Gasteiger partial charge on any atom is 0.273 e. The maximum absolute atomic E-state index is 12.9. The molecule has 0 spiro atoms. The van der Waals surface area contributed by atoms with Crippen LogP contribution in [-0.2, 0) is 0 Å². The van der Waals surface area contributed by atoms with Gasteiger partial charge in [0.05, 0.1) is 5.69 Å². The van der Waals surface area contributed by atoms with Gasteiger partial charge in [-0.15, -0.1) is 11.3 Å². The highest BCUT2D eigenvalue weighted by molar-refractivity contribution is 7.13. The zero-order valence-corrected chi connectivity index (χ0v) is 15.8. The van der Waals surface area contributed by atoms with Crippen LogP contribution in [0.1, 0.15) is 31.3 Å². The molecule has 0 aliphatic carbocycles. The van der Waals surface area contributed by atoms with E-state index in [9.17, 15) is 9.18 Å². The Bertz CT molecular complexity index is 914. The fraction of sp³-hybridized carbons (Fsp3) is 0.263.